The van der Waals surface area contributed by atoms with E-state index in [4.69, 9.17) is 9.84 Å². The second-order valence-corrected chi connectivity index (χ2v) is 4.84. The summed E-state index contributed by atoms with van der Waals surface area (Å²) in [7, 11) is 0. The maximum atomic E-state index is 13.5. The first-order chi connectivity index (χ1) is 11.0. The van der Waals surface area contributed by atoms with Crippen LogP contribution in [0.3, 0.4) is 0 Å². The highest BCUT2D eigenvalue weighted by molar-refractivity contribution is 6.06. The van der Waals surface area contributed by atoms with Crippen LogP contribution in [0.4, 0.5) is 4.39 Å². The lowest BCUT2D eigenvalue weighted by Crippen LogP contribution is -2.22. The van der Waals surface area contributed by atoms with Crippen LogP contribution >= 0.6 is 0 Å². The molecular formula is C18H15FO4. The highest BCUT2D eigenvalue weighted by Crippen LogP contribution is 2.15. The monoisotopic (exact) mass is 314 g/mol. The number of aliphatic carboxylic acids is 1. The second kappa shape index (κ2) is 7.35. The summed E-state index contributed by atoms with van der Waals surface area (Å²) in [6, 6.07) is 12.2. The molecule has 0 spiro atoms. The summed E-state index contributed by atoms with van der Waals surface area (Å²) in [5.41, 5.74) is 0.726. The van der Waals surface area contributed by atoms with Crippen molar-refractivity contribution in [3.8, 4) is 5.75 Å². The second-order valence-electron chi connectivity index (χ2n) is 4.84. The van der Waals surface area contributed by atoms with Crippen molar-refractivity contribution < 1.29 is 23.8 Å². The summed E-state index contributed by atoms with van der Waals surface area (Å²) in [5, 5.41) is 8.77. The van der Waals surface area contributed by atoms with Crippen molar-refractivity contribution in [2.45, 2.75) is 13.0 Å². The number of carboxylic acid groups (broad SMARTS) is 1. The Kier molecular flexibility index (Phi) is 5.25. The maximum Gasteiger partial charge on any atom is 0.344 e. The number of ether oxygens (including phenoxy) is 1. The number of hydrogen-bond acceptors (Lipinski definition) is 3. The number of carboxylic acids is 1. The summed E-state index contributed by atoms with van der Waals surface area (Å²) >= 11 is 0. The smallest absolute Gasteiger partial charge is 0.344 e. The standard InChI is InChI=1S/C18H15FO4/c1-12(18(21)22)23-15-9-6-14(7-10-15)17(20)11-8-13-4-2-3-5-16(13)19/h2-12H,1H3,(H,21,22)/b11-8+. The van der Waals surface area contributed by atoms with Crippen molar-refractivity contribution in [2.24, 2.45) is 0 Å². The third-order valence-electron chi connectivity index (χ3n) is 3.12. The predicted molar refractivity (Wildman–Crippen MR) is 83.9 cm³/mol. The van der Waals surface area contributed by atoms with E-state index in [-0.39, 0.29) is 5.78 Å². The first-order valence-electron chi connectivity index (χ1n) is 6.94. The molecule has 0 aliphatic carbocycles. The average molecular weight is 314 g/mol. The average Bonchev–Trinajstić information content (AvgIpc) is 2.54. The van der Waals surface area contributed by atoms with Crippen molar-refractivity contribution in [1.82, 2.24) is 0 Å². The van der Waals surface area contributed by atoms with Crippen LogP contribution < -0.4 is 4.74 Å². The summed E-state index contributed by atoms with van der Waals surface area (Å²) < 4.78 is 18.6. The van der Waals surface area contributed by atoms with Crippen LogP contribution in [0.1, 0.15) is 22.8 Å². The molecule has 23 heavy (non-hydrogen) atoms. The van der Waals surface area contributed by atoms with Crippen LogP contribution in [-0.4, -0.2) is 23.0 Å². The number of benzene rings is 2. The number of halogens is 1. The molecule has 0 radical (unpaired) electrons. The Hall–Kier alpha value is -2.95. The number of hydrogen-bond donors (Lipinski definition) is 1. The van der Waals surface area contributed by atoms with Gasteiger partial charge in [0.05, 0.1) is 0 Å². The Labute approximate surface area is 132 Å². The number of carbonyl (C=O) groups excluding carboxylic acids is 1. The van der Waals surface area contributed by atoms with Crippen LogP contribution in [0.15, 0.2) is 54.6 Å². The van der Waals surface area contributed by atoms with E-state index >= 15 is 0 Å². The highest BCUT2D eigenvalue weighted by Gasteiger charge is 2.12. The largest absolute Gasteiger partial charge is 0.479 e. The fourth-order valence-electron chi connectivity index (χ4n) is 1.82. The Morgan fingerprint density at radius 3 is 2.39 bits per heavy atom. The zero-order chi connectivity index (χ0) is 16.8. The van der Waals surface area contributed by atoms with Gasteiger partial charge in [0.15, 0.2) is 11.9 Å². The Morgan fingerprint density at radius 1 is 1.13 bits per heavy atom. The van der Waals surface area contributed by atoms with Crippen molar-refractivity contribution in [3.63, 3.8) is 0 Å². The van der Waals surface area contributed by atoms with Crippen LogP contribution in [0, 0.1) is 5.82 Å². The van der Waals surface area contributed by atoms with Gasteiger partial charge in [0.25, 0.3) is 0 Å². The summed E-state index contributed by atoms with van der Waals surface area (Å²) in [6.07, 6.45) is 1.72. The minimum atomic E-state index is -1.07. The van der Waals surface area contributed by atoms with E-state index in [9.17, 15) is 14.0 Å². The molecule has 2 rings (SSSR count). The minimum absolute atomic E-state index is 0.286. The number of allylic oxidation sites excluding steroid dienone is 1. The molecule has 0 bridgehead atoms. The van der Waals surface area contributed by atoms with Gasteiger partial charge < -0.3 is 9.84 Å². The lowest BCUT2D eigenvalue weighted by atomic mass is 10.1. The topological polar surface area (TPSA) is 63.6 Å². The van der Waals surface area contributed by atoms with Crippen LogP contribution in [-0.2, 0) is 4.79 Å². The number of rotatable bonds is 6. The first kappa shape index (κ1) is 16.4. The minimum Gasteiger partial charge on any atom is -0.479 e. The van der Waals surface area contributed by atoms with Crippen molar-refractivity contribution in [1.29, 1.82) is 0 Å². The zero-order valence-corrected chi connectivity index (χ0v) is 12.4. The normalized spacial score (nSPS) is 12.1. The number of carbonyl (C=O) groups is 2. The van der Waals surface area contributed by atoms with Gasteiger partial charge in [-0.25, -0.2) is 9.18 Å². The van der Waals surface area contributed by atoms with Crippen LogP contribution in [0.25, 0.3) is 6.08 Å². The molecule has 1 atom stereocenters. The van der Waals surface area contributed by atoms with Gasteiger partial charge in [-0.2, -0.15) is 0 Å². The molecule has 1 unspecified atom stereocenters. The van der Waals surface area contributed by atoms with E-state index in [1.165, 1.54) is 49.4 Å². The third-order valence-corrected chi connectivity index (χ3v) is 3.12. The first-order valence-corrected chi connectivity index (χ1v) is 6.94. The highest BCUT2D eigenvalue weighted by atomic mass is 19.1. The van der Waals surface area contributed by atoms with Gasteiger partial charge in [-0.05, 0) is 49.4 Å². The van der Waals surface area contributed by atoms with E-state index < -0.39 is 17.9 Å². The predicted octanol–water partition coefficient (Wildman–Crippen LogP) is 3.57. The van der Waals surface area contributed by atoms with E-state index in [0.717, 1.165) is 0 Å². The van der Waals surface area contributed by atoms with Crippen molar-refractivity contribution in [2.75, 3.05) is 0 Å². The molecule has 2 aromatic carbocycles. The van der Waals surface area contributed by atoms with Gasteiger partial charge in [0.2, 0.25) is 0 Å². The molecule has 0 amide bonds. The lowest BCUT2D eigenvalue weighted by Gasteiger charge is -2.10. The fourth-order valence-corrected chi connectivity index (χ4v) is 1.82. The fraction of sp³-hybridized carbons (Fsp3) is 0.111. The molecule has 2 aromatic rings. The van der Waals surface area contributed by atoms with Crippen molar-refractivity contribution >= 4 is 17.8 Å². The molecule has 0 aliphatic heterocycles. The molecule has 0 fully saturated rings. The Morgan fingerprint density at radius 2 is 1.78 bits per heavy atom. The number of ketones is 1. The maximum absolute atomic E-state index is 13.5. The summed E-state index contributed by atoms with van der Waals surface area (Å²) in [5.74, 6) is -1.40. The van der Waals surface area contributed by atoms with Gasteiger partial charge in [-0.1, -0.05) is 18.2 Å². The zero-order valence-electron chi connectivity index (χ0n) is 12.4. The summed E-state index contributed by atoms with van der Waals surface area (Å²) in [6.45, 7) is 1.42. The Bertz CT molecular complexity index is 735. The quantitative estimate of drug-likeness (QED) is 0.654. The molecule has 5 heteroatoms. The molecule has 0 aliphatic rings. The molecule has 1 N–H and O–H groups in total. The molecule has 0 aromatic heterocycles. The molecule has 0 heterocycles. The Balaban J connectivity index is 2.06. The lowest BCUT2D eigenvalue weighted by molar-refractivity contribution is -0.144. The molecule has 0 saturated carbocycles. The van der Waals surface area contributed by atoms with E-state index in [0.29, 0.717) is 16.9 Å². The van der Waals surface area contributed by atoms with E-state index in [1.54, 1.807) is 18.2 Å². The van der Waals surface area contributed by atoms with E-state index in [2.05, 4.69) is 0 Å². The molecule has 0 saturated heterocycles. The van der Waals surface area contributed by atoms with Crippen LogP contribution in [0.2, 0.25) is 0 Å². The third kappa shape index (κ3) is 4.51. The van der Waals surface area contributed by atoms with Crippen molar-refractivity contribution in [3.05, 3.63) is 71.6 Å². The SMILES string of the molecule is CC(Oc1ccc(C(=O)/C=C/c2ccccc2F)cc1)C(=O)O. The van der Waals surface area contributed by atoms with Gasteiger partial charge in [-0.15, -0.1) is 0 Å². The molecule has 4 nitrogen and oxygen atoms in total. The van der Waals surface area contributed by atoms with Gasteiger partial charge >= 0.3 is 5.97 Å². The van der Waals surface area contributed by atoms with Crippen LogP contribution in [0.5, 0.6) is 5.75 Å². The molecule has 118 valence electrons. The van der Waals surface area contributed by atoms with Gasteiger partial charge in [-0.3, -0.25) is 4.79 Å². The summed E-state index contributed by atoms with van der Waals surface area (Å²) in [4.78, 5) is 22.7. The van der Waals surface area contributed by atoms with Gasteiger partial charge in [0, 0.05) is 11.1 Å². The molecular weight excluding hydrogens is 299 g/mol. The van der Waals surface area contributed by atoms with E-state index in [1.807, 2.05) is 0 Å². The van der Waals surface area contributed by atoms with Gasteiger partial charge in [0.1, 0.15) is 11.6 Å².